The van der Waals surface area contributed by atoms with E-state index in [0.717, 1.165) is 44.2 Å². The van der Waals surface area contributed by atoms with E-state index >= 15 is 0 Å². The molecule has 1 unspecified atom stereocenters. The molecular formula is C18H30N2OSi. The molecule has 3 nitrogen and oxygen atoms in total. The first-order valence-electron chi connectivity index (χ1n) is 9.63. The van der Waals surface area contributed by atoms with Crippen LogP contribution in [0, 0.1) is 0 Å². The largest absolute Gasteiger partial charge is 0.361 e. The number of hydrogen-bond acceptors (Lipinski definition) is 3. The van der Waals surface area contributed by atoms with Crippen LogP contribution >= 0.6 is 0 Å². The van der Waals surface area contributed by atoms with Crippen LogP contribution in [-0.4, -0.2) is 32.9 Å². The van der Waals surface area contributed by atoms with E-state index in [1.165, 1.54) is 5.56 Å². The van der Waals surface area contributed by atoms with Crippen LogP contribution in [0.1, 0.15) is 40.4 Å². The van der Waals surface area contributed by atoms with Crippen molar-refractivity contribution in [2.75, 3.05) is 24.8 Å². The fourth-order valence-corrected chi connectivity index (χ4v) is 4.23. The van der Waals surface area contributed by atoms with Crippen molar-refractivity contribution in [2.24, 2.45) is 0 Å². The second-order valence-electron chi connectivity index (χ2n) is 7.84. The third kappa shape index (κ3) is 3.38. The summed E-state index contributed by atoms with van der Waals surface area (Å²) >= 11 is 0. The highest BCUT2D eigenvalue weighted by Gasteiger charge is 2.43. The molecule has 2 aliphatic rings. The smallest absolute Gasteiger partial charge is 0.134 e. The highest BCUT2D eigenvalue weighted by Crippen LogP contribution is 2.48. The molecule has 0 bridgehead atoms. The molecule has 3 rings (SSSR count). The number of fused-ring (bicyclic) bond motifs is 2. The van der Waals surface area contributed by atoms with E-state index in [0.29, 0.717) is 6.73 Å². The molecule has 0 N–H and O–H groups in total. The van der Waals surface area contributed by atoms with Crippen LogP contribution in [0.2, 0.25) is 25.7 Å². The van der Waals surface area contributed by atoms with Crippen LogP contribution < -0.4 is 4.90 Å². The maximum Gasteiger partial charge on any atom is 0.134 e. The van der Waals surface area contributed by atoms with E-state index in [1.54, 1.807) is 0 Å². The van der Waals surface area contributed by atoms with Gasteiger partial charge in [-0.2, -0.15) is 0 Å². The summed E-state index contributed by atoms with van der Waals surface area (Å²) in [5.41, 5.74) is 1.04. The molecule has 4 heteroatoms. The van der Waals surface area contributed by atoms with E-state index in [9.17, 15) is 0 Å². The number of anilines is 1. The lowest BCUT2D eigenvalue weighted by molar-refractivity contribution is 0.142. The van der Waals surface area contributed by atoms with Crippen LogP contribution in [0.15, 0.2) is 18.3 Å². The van der Waals surface area contributed by atoms with Crippen LogP contribution in [-0.2, 0) is 10.2 Å². The molecule has 2 heterocycles. The zero-order chi connectivity index (χ0) is 17.4. The Morgan fingerprint density at radius 3 is 2.86 bits per heavy atom. The second kappa shape index (κ2) is 6.32. The van der Waals surface area contributed by atoms with Crippen LogP contribution in [0.25, 0.3) is 0 Å². The average molecular weight is 321 g/mol. The molecule has 1 saturated carbocycles. The van der Waals surface area contributed by atoms with Crippen LogP contribution in [0.3, 0.4) is 0 Å². The summed E-state index contributed by atoms with van der Waals surface area (Å²) in [5.74, 6) is 0.925. The maximum atomic E-state index is 8.90. The van der Waals surface area contributed by atoms with E-state index in [4.69, 9.17) is 7.48 Å². The molecule has 0 saturated heterocycles. The lowest BCUT2D eigenvalue weighted by Gasteiger charge is -2.34. The molecule has 1 atom stereocenters. The predicted molar refractivity (Wildman–Crippen MR) is 95.3 cm³/mol. The molecule has 1 aliphatic carbocycles. The Morgan fingerprint density at radius 1 is 1.36 bits per heavy atom. The zero-order valence-electron chi connectivity index (χ0n) is 16.1. The highest BCUT2D eigenvalue weighted by atomic mass is 28.3. The summed E-state index contributed by atoms with van der Waals surface area (Å²) in [7, 11) is -1.10. The molecule has 0 radical (unpaired) electrons. The minimum Gasteiger partial charge on any atom is -0.361 e. The third-order valence-corrected chi connectivity index (χ3v) is 6.52. The van der Waals surface area contributed by atoms with Gasteiger partial charge in [-0.25, -0.2) is 4.98 Å². The van der Waals surface area contributed by atoms with Gasteiger partial charge in [-0.05, 0) is 25.0 Å². The molecule has 1 spiro atoms. The summed E-state index contributed by atoms with van der Waals surface area (Å²) < 4.78 is 22.8. The first-order chi connectivity index (χ1) is 11.3. The monoisotopic (exact) mass is 320 g/mol. The van der Waals surface area contributed by atoms with Gasteiger partial charge in [0, 0.05) is 39.7 Å². The average Bonchev–Trinajstić information content (AvgIpc) is 2.76. The number of pyridine rings is 1. The predicted octanol–water partition coefficient (Wildman–Crippen LogP) is 4.42. The summed E-state index contributed by atoms with van der Waals surface area (Å²) in [6.45, 7) is 7.93. The quantitative estimate of drug-likeness (QED) is 0.593. The molecule has 22 heavy (non-hydrogen) atoms. The maximum absolute atomic E-state index is 8.90. The van der Waals surface area contributed by atoms with E-state index in [1.807, 2.05) is 17.2 Å². The van der Waals surface area contributed by atoms with Crippen molar-refractivity contribution < 1.29 is 7.48 Å². The minimum absolute atomic E-state index is 0.0324. The van der Waals surface area contributed by atoms with Crippen LogP contribution in [0.4, 0.5) is 5.82 Å². The van der Waals surface area contributed by atoms with Gasteiger partial charge < -0.3 is 9.64 Å². The Hall–Kier alpha value is -0.873. The first kappa shape index (κ1) is 13.6. The van der Waals surface area contributed by atoms with Gasteiger partial charge in [0.1, 0.15) is 12.5 Å². The number of ether oxygens (including phenoxy) is 1. The van der Waals surface area contributed by atoms with Gasteiger partial charge in [-0.15, -0.1) is 0 Å². The molecule has 122 valence electrons. The summed E-state index contributed by atoms with van der Waals surface area (Å²) in [6, 6.07) is 5.26. The van der Waals surface area contributed by atoms with Gasteiger partial charge >= 0.3 is 0 Å². The van der Waals surface area contributed by atoms with Gasteiger partial charge in [-0.1, -0.05) is 44.9 Å². The van der Waals surface area contributed by atoms with Crippen molar-refractivity contribution in [1.82, 2.24) is 4.98 Å². The summed E-state index contributed by atoms with van der Waals surface area (Å²) in [4.78, 5) is 6.61. The van der Waals surface area contributed by atoms with Gasteiger partial charge in [0.25, 0.3) is 0 Å². The summed E-state index contributed by atoms with van der Waals surface area (Å²) in [5, 5.41) is 0. The fourth-order valence-electron chi connectivity index (χ4n) is 3.47. The van der Waals surface area contributed by atoms with E-state index in [2.05, 4.69) is 30.7 Å². The topological polar surface area (TPSA) is 25.4 Å². The minimum atomic E-state index is -1.10. The van der Waals surface area contributed by atoms with Crippen molar-refractivity contribution in [3.63, 3.8) is 0 Å². The van der Waals surface area contributed by atoms with Gasteiger partial charge in [0.15, 0.2) is 0 Å². The lowest BCUT2D eigenvalue weighted by Crippen LogP contribution is -2.36. The van der Waals surface area contributed by atoms with Crippen LogP contribution in [0.5, 0.6) is 0 Å². The molecular weight excluding hydrogens is 288 g/mol. The Bertz CT molecular complexity index is 570. The van der Waals surface area contributed by atoms with Crippen molar-refractivity contribution in [2.45, 2.75) is 63.2 Å². The lowest BCUT2D eigenvalue weighted by atomic mass is 9.71. The molecule has 0 aromatic carbocycles. The molecule has 1 aromatic rings. The van der Waals surface area contributed by atoms with Gasteiger partial charge in [0.05, 0.1) is 1.37 Å². The Labute approximate surface area is 138 Å². The third-order valence-electron chi connectivity index (χ3n) is 4.81. The van der Waals surface area contributed by atoms with Crippen molar-refractivity contribution in [3.05, 3.63) is 23.9 Å². The fraction of sp³-hybridized carbons (Fsp3) is 0.722. The van der Waals surface area contributed by atoms with E-state index in [-0.39, 0.29) is 18.3 Å². The Balaban J connectivity index is 1.74. The molecule has 1 aliphatic heterocycles. The first-order valence-corrected chi connectivity index (χ1v) is 12.2. The number of hydrogen-bond donors (Lipinski definition) is 0. The van der Waals surface area contributed by atoms with Crippen molar-refractivity contribution in [3.8, 4) is 0 Å². The molecule has 1 fully saturated rings. The Kier molecular flexibility index (Phi) is 3.90. The standard InChI is InChI=1S/C18H30N2OSi/c1-22(2,3)13-12-21-15-20-14-18(9-5-4-6-10-18)16-8-7-11-19-17(16)20/h7-8,11H,4-6,9-10,12-15H2,1-3H3/i4D,14D. The zero-order valence-corrected chi connectivity index (χ0v) is 15.1. The Morgan fingerprint density at radius 2 is 2.14 bits per heavy atom. The molecule has 1 aromatic heterocycles. The normalized spacial score (nSPS) is 32.8. The number of rotatable bonds is 5. The SMILES string of the molecule is [2H]C1CCC2(CC1)c1cccnc1N(COCC[Si](C)(C)C)C2[2H]. The summed E-state index contributed by atoms with van der Waals surface area (Å²) in [6.07, 6.45) is 5.45. The van der Waals surface area contributed by atoms with Gasteiger partial charge in [-0.3, -0.25) is 0 Å². The van der Waals surface area contributed by atoms with Crippen molar-refractivity contribution >= 4 is 13.9 Å². The second-order valence-corrected chi connectivity index (χ2v) is 13.5. The van der Waals surface area contributed by atoms with E-state index < -0.39 is 8.07 Å². The number of nitrogens with zero attached hydrogens (tertiary/aromatic N) is 2. The van der Waals surface area contributed by atoms with Crippen molar-refractivity contribution in [1.29, 1.82) is 0 Å². The van der Waals surface area contributed by atoms with Gasteiger partial charge in [0.2, 0.25) is 0 Å². The molecule has 0 amide bonds. The number of aromatic nitrogens is 1. The highest BCUT2D eigenvalue weighted by molar-refractivity contribution is 6.76.